The van der Waals surface area contributed by atoms with E-state index >= 15 is 0 Å². The van der Waals surface area contributed by atoms with Gasteiger partial charge in [0.1, 0.15) is 0 Å². The first-order valence-corrected chi connectivity index (χ1v) is 8.18. The lowest BCUT2D eigenvalue weighted by atomic mass is 10.2. The molecule has 0 radical (unpaired) electrons. The average molecular weight is 321 g/mol. The van der Waals surface area contributed by atoms with Crippen molar-refractivity contribution >= 4 is 40.2 Å². The van der Waals surface area contributed by atoms with Crippen molar-refractivity contribution in [2.24, 2.45) is 0 Å². The van der Waals surface area contributed by atoms with Gasteiger partial charge in [0.25, 0.3) is 5.24 Å². The lowest BCUT2D eigenvalue weighted by molar-refractivity contribution is -0.116. The van der Waals surface area contributed by atoms with Gasteiger partial charge in [-0.15, -0.1) is 0 Å². The molecule has 1 aromatic rings. The first-order valence-electron chi connectivity index (χ1n) is 7.20. The summed E-state index contributed by atoms with van der Waals surface area (Å²) in [7, 11) is 0. The third kappa shape index (κ3) is 4.77. The minimum absolute atomic E-state index is 0.0390. The highest BCUT2D eigenvalue weighted by Gasteiger charge is 2.21. The molecule has 1 fully saturated rings. The number of hydrogen-bond acceptors (Lipinski definition) is 4. The molecule has 22 heavy (non-hydrogen) atoms. The van der Waals surface area contributed by atoms with Crippen molar-refractivity contribution in [3.8, 4) is 0 Å². The van der Waals surface area contributed by atoms with Crippen molar-refractivity contribution in [1.29, 1.82) is 0 Å². The van der Waals surface area contributed by atoms with Crippen LogP contribution in [-0.4, -0.2) is 40.8 Å². The Morgan fingerprint density at radius 1 is 1.23 bits per heavy atom. The van der Waals surface area contributed by atoms with E-state index in [1.54, 1.807) is 36.1 Å². The lowest BCUT2D eigenvalue weighted by Crippen LogP contribution is -2.27. The van der Waals surface area contributed by atoms with Crippen LogP contribution in [-0.2, 0) is 9.59 Å². The number of thioether (sulfide) groups is 1. The van der Waals surface area contributed by atoms with Crippen molar-refractivity contribution in [3.05, 3.63) is 24.3 Å². The maximum absolute atomic E-state index is 11.9. The van der Waals surface area contributed by atoms with Crippen molar-refractivity contribution < 1.29 is 14.4 Å². The molecule has 1 heterocycles. The fourth-order valence-corrected chi connectivity index (χ4v) is 2.86. The van der Waals surface area contributed by atoms with Gasteiger partial charge >= 0.3 is 0 Å². The molecule has 3 amide bonds. The standard InChI is InChI=1S/C15H19N3O3S/c1-2-13(19)16-11-4-3-5-12(10-11)17-14(20)6-7-18-8-9-22-15(18)21/h3-5,10H,2,6-9H2,1H3,(H,16,19)(H,17,20). The summed E-state index contributed by atoms with van der Waals surface area (Å²) < 4.78 is 0. The number of benzene rings is 1. The molecule has 0 unspecified atom stereocenters. The lowest BCUT2D eigenvalue weighted by Gasteiger charge is -2.14. The number of amides is 3. The molecule has 2 N–H and O–H groups in total. The van der Waals surface area contributed by atoms with Gasteiger partial charge in [0.05, 0.1) is 0 Å². The van der Waals surface area contributed by atoms with Gasteiger partial charge in [-0.05, 0) is 18.2 Å². The Kier molecular flexibility index (Phi) is 5.83. The number of anilines is 2. The van der Waals surface area contributed by atoms with Gasteiger partial charge < -0.3 is 15.5 Å². The quantitative estimate of drug-likeness (QED) is 0.844. The Morgan fingerprint density at radius 2 is 1.91 bits per heavy atom. The third-order valence-corrected chi connectivity index (χ3v) is 4.10. The van der Waals surface area contributed by atoms with Crippen LogP contribution in [0.2, 0.25) is 0 Å². The van der Waals surface area contributed by atoms with Crippen LogP contribution < -0.4 is 10.6 Å². The number of nitrogens with zero attached hydrogens (tertiary/aromatic N) is 1. The summed E-state index contributed by atoms with van der Waals surface area (Å²) >= 11 is 1.29. The van der Waals surface area contributed by atoms with Crippen LogP contribution in [0.15, 0.2) is 24.3 Å². The van der Waals surface area contributed by atoms with E-state index in [1.807, 2.05) is 0 Å². The number of rotatable bonds is 6. The zero-order chi connectivity index (χ0) is 15.9. The molecule has 7 heteroatoms. The smallest absolute Gasteiger partial charge is 0.281 e. The molecule has 0 saturated carbocycles. The molecule has 0 aliphatic carbocycles. The molecule has 1 aliphatic heterocycles. The Labute approximate surface area is 133 Å². The molecule has 0 spiro atoms. The van der Waals surface area contributed by atoms with E-state index < -0.39 is 0 Å². The molecule has 2 rings (SSSR count). The Balaban J connectivity index is 1.84. The fourth-order valence-electron chi connectivity index (χ4n) is 2.01. The van der Waals surface area contributed by atoms with Gasteiger partial charge in [-0.2, -0.15) is 0 Å². The van der Waals surface area contributed by atoms with E-state index in [-0.39, 0.29) is 23.5 Å². The van der Waals surface area contributed by atoms with Crippen LogP contribution in [0.3, 0.4) is 0 Å². The molecule has 118 valence electrons. The monoisotopic (exact) mass is 321 g/mol. The van der Waals surface area contributed by atoms with Gasteiger partial charge in [0.15, 0.2) is 0 Å². The summed E-state index contributed by atoms with van der Waals surface area (Å²) in [6.07, 6.45) is 0.663. The molecule has 1 saturated heterocycles. The van der Waals surface area contributed by atoms with E-state index in [1.165, 1.54) is 11.8 Å². The summed E-state index contributed by atoms with van der Waals surface area (Å²) in [5, 5.41) is 5.56. The SMILES string of the molecule is CCC(=O)Nc1cccc(NC(=O)CCN2CCSC2=O)c1. The van der Waals surface area contributed by atoms with Crippen LogP contribution in [0.1, 0.15) is 19.8 Å². The second-order valence-electron chi connectivity index (χ2n) is 4.88. The largest absolute Gasteiger partial charge is 0.332 e. The summed E-state index contributed by atoms with van der Waals surface area (Å²) in [6, 6.07) is 7.00. The molecule has 0 bridgehead atoms. The minimum atomic E-state index is -0.149. The first kappa shape index (κ1) is 16.4. The maximum atomic E-state index is 11.9. The highest BCUT2D eigenvalue weighted by atomic mass is 32.2. The highest BCUT2D eigenvalue weighted by molar-refractivity contribution is 8.13. The van der Waals surface area contributed by atoms with Crippen LogP contribution >= 0.6 is 11.8 Å². The highest BCUT2D eigenvalue weighted by Crippen LogP contribution is 2.18. The molecule has 1 aromatic carbocycles. The van der Waals surface area contributed by atoms with Crippen molar-refractivity contribution in [2.45, 2.75) is 19.8 Å². The van der Waals surface area contributed by atoms with Crippen LogP contribution in [0.5, 0.6) is 0 Å². The van der Waals surface area contributed by atoms with Crippen molar-refractivity contribution in [1.82, 2.24) is 4.90 Å². The van der Waals surface area contributed by atoms with E-state index in [0.717, 1.165) is 5.75 Å². The number of nitrogens with one attached hydrogen (secondary N) is 2. The number of carbonyl (C=O) groups is 3. The van der Waals surface area contributed by atoms with Crippen molar-refractivity contribution in [2.75, 3.05) is 29.5 Å². The van der Waals surface area contributed by atoms with E-state index in [9.17, 15) is 14.4 Å². The zero-order valence-corrected chi connectivity index (χ0v) is 13.2. The second kappa shape index (κ2) is 7.84. The van der Waals surface area contributed by atoms with Gasteiger partial charge in [0, 0.05) is 43.1 Å². The van der Waals surface area contributed by atoms with Gasteiger partial charge in [-0.3, -0.25) is 14.4 Å². The van der Waals surface area contributed by atoms with Gasteiger partial charge in [-0.1, -0.05) is 24.8 Å². The summed E-state index contributed by atoms with van der Waals surface area (Å²) in [5.74, 6) is 0.566. The van der Waals surface area contributed by atoms with E-state index in [4.69, 9.17) is 0 Å². The van der Waals surface area contributed by atoms with E-state index in [2.05, 4.69) is 10.6 Å². The summed E-state index contributed by atoms with van der Waals surface area (Å²) in [6.45, 7) is 2.91. The third-order valence-electron chi connectivity index (χ3n) is 3.20. The maximum Gasteiger partial charge on any atom is 0.281 e. The predicted octanol–water partition coefficient (Wildman–Crippen LogP) is 2.53. The van der Waals surface area contributed by atoms with Gasteiger partial charge in [-0.25, -0.2) is 0 Å². The van der Waals surface area contributed by atoms with Crippen LogP contribution in [0.25, 0.3) is 0 Å². The summed E-state index contributed by atoms with van der Waals surface area (Å²) in [4.78, 5) is 36.4. The fraction of sp³-hybridized carbons (Fsp3) is 0.400. The normalized spacial score (nSPS) is 14.0. The first-order chi connectivity index (χ1) is 10.6. The molecule has 0 atom stereocenters. The molecule has 0 aromatic heterocycles. The molecule has 6 nitrogen and oxygen atoms in total. The summed E-state index contributed by atoms with van der Waals surface area (Å²) in [5.41, 5.74) is 1.27. The topological polar surface area (TPSA) is 78.5 Å². The second-order valence-corrected chi connectivity index (χ2v) is 5.93. The Morgan fingerprint density at radius 3 is 2.50 bits per heavy atom. The van der Waals surface area contributed by atoms with Crippen molar-refractivity contribution in [3.63, 3.8) is 0 Å². The average Bonchev–Trinajstić information content (AvgIpc) is 2.90. The Hall–Kier alpha value is -2.02. The molecular weight excluding hydrogens is 302 g/mol. The zero-order valence-electron chi connectivity index (χ0n) is 12.4. The molecular formula is C15H19N3O3S. The van der Waals surface area contributed by atoms with Crippen LogP contribution in [0.4, 0.5) is 16.2 Å². The van der Waals surface area contributed by atoms with Gasteiger partial charge in [0.2, 0.25) is 11.8 Å². The van der Waals surface area contributed by atoms with E-state index in [0.29, 0.717) is 30.9 Å². The number of carbonyl (C=O) groups excluding carboxylic acids is 3. The van der Waals surface area contributed by atoms with Crippen LogP contribution in [0, 0.1) is 0 Å². The minimum Gasteiger partial charge on any atom is -0.332 e. The predicted molar refractivity (Wildman–Crippen MR) is 88.0 cm³/mol. The number of hydrogen-bond donors (Lipinski definition) is 2. The Bertz CT molecular complexity index is 577. The molecule has 1 aliphatic rings.